The summed E-state index contributed by atoms with van der Waals surface area (Å²) in [5, 5.41) is 10.1. The molecule has 0 aromatic heterocycles. The van der Waals surface area contributed by atoms with Gasteiger partial charge in [-0.2, -0.15) is 0 Å². The van der Waals surface area contributed by atoms with E-state index in [1.54, 1.807) is 20.8 Å². The molecule has 5 heteroatoms. The molecule has 1 fully saturated rings. The molecule has 0 bridgehead atoms. The maximum absolute atomic E-state index is 11.7. The topological polar surface area (TPSA) is 65.0 Å². The van der Waals surface area contributed by atoms with Gasteiger partial charge in [-0.05, 0) is 27.2 Å². The van der Waals surface area contributed by atoms with E-state index in [1.165, 1.54) is 0 Å². The van der Waals surface area contributed by atoms with Crippen molar-refractivity contribution >= 4 is 5.97 Å². The Morgan fingerprint density at radius 2 is 2.18 bits per heavy atom. The van der Waals surface area contributed by atoms with Crippen LogP contribution in [-0.2, 0) is 19.0 Å². The predicted octanol–water partition coefficient (Wildman–Crippen LogP) is 1.09. The Hall–Kier alpha value is -0.650. The molecule has 0 unspecified atom stereocenters. The number of carbonyl (C=O) groups excluding carboxylic acids is 1. The molecule has 0 aromatic rings. The number of carbonyl (C=O) groups is 1. The molecule has 0 spiro atoms. The van der Waals surface area contributed by atoms with Crippen LogP contribution >= 0.6 is 0 Å². The fourth-order valence-corrected chi connectivity index (χ4v) is 1.94. The number of hydrogen-bond acceptors (Lipinski definition) is 5. The summed E-state index contributed by atoms with van der Waals surface area (Å²) in [6.45, 7) is 7.76. The summed E-state index contributed by atoms with van der Waals surface area (Å²) in [6, 6.07) is 0. The van der Waals surface area contributed by atoms with Crippen LogP contribution in [0.15, 0.2) is 0 Å². The minimum Gasteiger partial charge on any atom is -0.466 e. The fourth-order valence-electron chi connectivity index (χ4n) is 1.94. The molecule has 3 atom stereocenters. The summed E-state index contributed by atoms with van der Waals surface area (Å²) in [5.41, 5.74) is 0. The molecule has 0 amide bonds. The molecule has 1 heterocycles. The number of esters is 1. The van der Waals surface area contributed by atoms with Crippen molar-refractivity contribution < 1.29 is 24.1 Å². The lowest BCUT2D eigenvalue weighted by Gasteiger charge is -2.25. The summed E-state index contributed by atoms with van der Waals surface area (Å²) < 4.78 is 15.8. The molecule has 17 heavy (non-hydrogen) atoms. The van der Waals surface area contributed by atoms with Crippen molar-refractivity contribution in [2.75, 3.05) is 13.2 Å². The van der Waals surface area contributed by atoms with E-state index in [-0.39, 0.29) is 5.97 Å². The van der Waals surface area contributed by atoms with Gasteiger partial charge in [-0.1, -0.05) is 6.92 Å². The second kappa shape index (κ2) is 5.80. The summed E-state index contributed by atoms with van der Waals surface area (Å²) in [4.78, 5) is 11.7. The van der Waals surface area contributed by atoms with Gasteiger partial charge in [-0.3, -0.25) is 4.79 Å². The highest BCUT2D eigenvalue weighted by atomic mass is 16.7. The molecule has 0 aliphatic carbocycles. The molecule has 0 saturated carbocycles. The third-order valence-corrected chi connectivity index (χ3v) is 2.85. The van der Waals surface area contributed by atoms with Gasteiger partial charge in [-0.15, -0.1) is 0 Å². The van der Waals surface area contributed by atoms with Gasteiger partial charge in [0.05, 0.1) is 25.2 Å². The van der Waals surface area contributed by atoms with Gasteiger partial charge in [0.15, 0.2) is 5.79 Å². The van der Waals surface area contributed by atoms with Crippen molar-refractivity contribution in [3.8, 4) is 0 Å². The van der Waals surface area contributed by atoms with E-state index in [4.69, 9.17) is 14.2 Å². The number of aliphatic hydroxyl groups is 1. The van der Waals surface area contributed by atoms with E-state index in [2.05, 4.69) is 0 Å². The molecular weight excluding hydrogens is 224 g/mol. The van der Waals surface area contributed by atoms with Crippen molar-refractivity contribution in [2.45, 2.75) is 52.1 Å². The van der Waals surface area contributed by atoms with E-state index in [9.17, 15) is 9.90 Å². The highest BCUT2D eigenvalue weighted by Crippen LogP contribution is 2.28. The molecule has 1 aliphatic heterocycles. The van der Waals surface area contributed by atoms with Crippen LogP contribution in [0.3, 0.4) is 0 Å². The number of aliphatic hydroxyl groups excluding tert-OH is 1. The Kier molecular flexibility index (Phi) is 4.91. The molecule has 1 aliphatic rings. The van der Waals surface area contributed by atoms with Crippen LogP contribution in [0.5, 0.6) is 0 Å². The lowest BCUT2D eigenvalue weighted by Crippen LogP contribution is -2.40. The van der Waals surface area contributed by atoms with E-state index >= 15 is 0 Å². The Balaban J connectivity index is 2.61. The van der Waals surface area contributed by atoms with Crippen molar-refractivity contribution in [2.24, 2.45) is 5.92 Å². The van der Waals surface area contributed by atoms with Crippen LogP contribution in [0, 0.1) is 5.92 Å². The molecule has 100 valence electrons. The maximum Gasteiger partial charge on any atom is 0.311 e. The van der Waals surface area contributed by atoms with E-state index in [0.717, 1.165) is 0 Å². The monoisotopic (exact) mass is 246 g/mol. The molecule has 1 N–H and O–H groups in total. The van der Waals surface area contributed by atoms with Crippen LogP contribution in [0.25, 0.3) is 0 Å². The number of ether oxygens (including phenoxy) is 3. The maximum atomic E-state index is 11.7. The average Bonchev–Trinajstić information content (AvgIpc) is 2.60. The van der Waals surface area contributed by atoms with Crippen LogP contribution < -0.4 is 0 Å². The Morgan fingerprint density at radius 1 is 1.53 bits per heavy atom. The second-order valence-corrected chi connectivity index (χ2v) is 4.62. The average molecular weight is 246 g/mol. The Morgan fingerprint density at radius 3 is 2.59 bits per heavy atom. The zero-order valence-electron chi connectivity index (χ0n) is 10.9. The van der Waals surface area contributed by atoms with E-state index in [1.807, 2.05) is 6.92 Å². The third-order valence-electron chi connectivity index (χ3n) is 2.85. The second-order valence-electron chi connectivity index (χ2n) is 4.62. The first-order valence-corrected chi connectivity index (χ1v) is 6.07. The van der Waals surface area contributed by atoms with Crippen molar-refractivity contribution in [1.82, 2.24) is 0 Å². The van der Waals surface area contributed by atoms with E-state index < -0.39 is 23.9 Å². The van der Waals surface area contributed by atoms with Crippen LogP contribution in [0.2, 0.25) is 0 Å². The fraction of sp³-hybridized carbons (Fsp3) is 0.917. The zero-order valence-corrected chi connectivity index (χ0v) is 10.9. The van der Waals surface area contributed by atoms with Gasteiger partial charge in [0, 0.05) is 0 Å². The molecular formula is C12H22O5. The van der Waals surface area contributed by atoms with Crippen LogP contribution in [0.1, 0.15) is 34.1 Å². The highest BCUT2D eigenvalue weighted by molar-refractivity contribution is 5.73. The molecule has 5 nitrogen and oxygen atoms in total. The van der Waals surface area contributed by atoms with Crippen molar-refractivity contribution in [1.29, 1.82) is 0 Å². The standard InChI is InChI=1S/C12H22O5/c1-5-8(11(14)15-6-2)10(13)9-7-16-12(3,4)17-9/h8-10,13H,5-7H2,1-4H3/t8-,9+,10-/m0/s1. The molecule has 0 radical (unpaired) electrons. The van der Waals surface area contributed by atoms with Crippen molar-refractivity contribution in [3.05, 3.63) is 0 Å². The SMILES string of the molecule is CCOC(=O)[C@@H](CC)[C@H](O)[C@H]1COC(C)(C)O1. The Bertz CT molecular complexity index is 264. The minimum absolute atomic E-state index is 0.296. The minimum atomic E-state index is -0.888. The Labute approximate surface area is 102 Å². The van der Waals surface area contributed by atoms with Crippen molar-refractivity contribution in [3.63, 3.8) is 0 Å². The van der Waals surface area contributed by atoms with E-state index in [0.29, 0.717) is 19.6 Å². The summed E-state index contributed by atoms with van der Waals surface area (Å²) >= 11 is 0. The van der Waals surface area contributed by atoms with Gasteiger partial charge in [0.1, 0.15) is 6.10 Å². The van der Waals surface area contributed by atoms with Gasteiger partial charge < -0.3 is 19.3 Å². The lowest BCUT2D eigenvalue weighted by molar-refractivity contribution is -0.168. The largest absolute Gasteiger partial charge is 0.466 e. The zero-order chi connectivity index (χ0) is 13.1. The number of hydrogen-bond donors (Lipinski definition) is 1. The van der Waals surface area contributed by atoms with Gasteiger partial charge >= 0.3 is 5.97 Å². The predicted molar refractivity (Wildman–Crippen MR) is 61.3 cm³/mol. The quantitative estimate of drug-likeness (QED) is 0.736. The smallest absolute Gasteiger partial charge is 0.311 e. The summed E-state index contributed by atoms with van der Waals surface area (Å²) in [7, 11) is 0. The highest BCUT2D eigenvalue weighted by Gasteiger charge is 2.41. The van der Waals surface area contributed by atoms with Crippen LogP contribution in [-0.4, -0.2) is 42.3 Å². The number of rotatable bonds is 5. The van der Waals surface area contributed by atoms with Crippen LogP contribution in [0.4, 0.5) is 0 Å². The normalized spacial score (nSPS) is 26.5. The van der Waals surface area contributed by atoms with Gasteiger partial charge in [-0.25, -0.2) is 0 Å². The molecule has 0 aromatic carbocycles. The first-order chi connectivity index (χ1) is 7.91. The first kappa shape index (κ1) is 14.4. The summed E-state index contributed by atoms with van der Waals surface area (Å²) in [5.74, 6) is -1.63. The molecule has 1 rings (SSSR count). The van der Waals surface area contributed by atoms with Gasteiger partial charge in [0.2, 0.25) is 0 Å². The van der Waals surface area contributed by atoms with Gasteiger partial charge in [0.25, 0.3) is 0 Å². The lowest BCUT2D eigenvalue weighted by atomic mass is 9.95. The third kappa shape index (κ3) is 3.66. The first-order valence-electron chi connectivity index (χ1n) is 6.07. The summed E-state index contributed by atoms with van der Waals surface area (Å²) in [6.07, 6.45) is -0.847. The molecule has 1 saturated heterocycles.